The lowest BCUT2D eigenvalue weighted by Crippen LogP contribution is -2.38. The second-order valence-corrected chi connectivity index (χ2v) is 15.9. The predicted octanol–water partition coefficient (Wildman–Crippen LogP) is 5.47. The number of carbonyl (C=O) groups is 3. The molecule has 0 bridgehead atoms. The summed E-state index contributed by atoms with van der Waals surface area (Å²) in [6.45, 7) is 1.11. The van der Waals surface area contributed by atoms with E-state index < -0.39 is 11.9 Å². The molecule has 2 fully saturated rings. The third-order valence-corrected chi connectivity index (χ3v) is 11.7. The normalized spacial score (nSPS) is 17.7. The number of nitrogens with one attached hydrogen (secondary N) is 2. The van der Waals surface area contributed by atoms with Crippen LogP contribution in [-0.4, -0.2) is 99.0 Å². The highest BCUT2D eigenvalue weighted by Gasteiger charge is 2.33. The van der Waals surface area contributed by atoms with Crippen molar-refractivity contribution in [2.75, 3.05) is 26.2 Å². The van der Waals surface area contributed by atoms with Crippen LogP contribution >= 0.6 is 0 Å². The predicted molar refractivity (Wildman–Crippen MR) is 227 cm³/mol. The summed E-state index contributed by atoms with van der Waals surface area (Å²) in [6.07, 6.45) is 23.4. The van der Waals surface area contributed by atoms with Crippen molar-refractivity contribution in [2.45, 2.75) is 50.4 Å². The molecule has 2 saturated carbocycles. The molecule has 0 unspecified atom stereocenters. The number of halogens is 2. The van der Waals surface area contributed by atoms with Gasteiger partial charge in [0.25, 0.3) is 0 Å². The number of aromatic nitrogens is 8. The molecule has 63 heavy (non-hydrogen) atoms. The number of hydrogen-bond donors (Lipinski definition) is 2. The van der Waals surface area contributed by atoms with Crippen molar-refractivity contribution in [3.05, 3.63) is 144 Å². The van der Waals surface area contributed by atoms with Crippen LogP contribution in [0.3, 0.4) is 0 Å². The molecule has 15 nitrogen and oxygen atoms in total. The van der Waals surface area contributed by atoms with Crippen LogP contribution in [0.4, 0.5) is 8.78 Å². The summed E-state index contributed by atoms with van der Waals surface area (Å²) >= 11 is 0. The Morgan fingerprint density at radius 2 is 1.29 bits per heavy atom. The highest BCUT2D eigenvalue weighted by molar-refractivity contribution is 6.07. The van der Waals surface area contributed by atoms with Crippen LogP contribution in [0.5, 0.6) is 0 Å². The Balaban J connectivity index is 0.000000130. The Kier molecular flexibility index (Phi) is 10.5. The molecule has 10 heterocycles. The molecule has 12 rings (SSSR count). The standard InChI is InChI=1S/C23H19FN6O.C17H13FN4O2.C6H8N2/c24-20-4-3-15(10-26-20)23-17-6-8-30-19(16(17)5-7-25-23)9-21(27-11-22(30)31)29-12-18(28-13-29)14-1-2-14;18-14-2-1-10(8-20-14)17-12-4-6-22-13(11(12)3-5-19-17)7-15(23)21-9-16(22)24;1-2-5(1)6-3-7-4-8-6/h3-5,7,9-10,12-14H,1-2,6,8,11H2;1-3,5,7-8H,4,6,9H2,(H,21,23);3-5H,1-2H2,(H,7,8). The number of aromatic amines is 1. The van der Waals surface area contributed by atoms with Gasteiger partial charge in [-0.25, -0.2) is 19.9 Å². The lowest BCUT2D eigenvalue weighted by Gasteiger charge is -2.31. The number of aliphatic imine (C=N–C) groups is 1. The van der Waals surface area contributed by atoms with Crippen molar-refractivity contribution >= 4 is 35.0 Å². The number of rotatable bonds is 4. The third-order valence-electron chi connectivity index (χ3n) is 11.7. The van der Waals surface area contributed by atoms with Gasteiger partial charge in [-0.3, -0.25) is 33.9 Å². The van der Waals surface area contributed by atoms with Crippen LogP contribution in [0.1, 0.15) is 71.2 Å². The van der Waals surface area contributed by atoms with Crippen molar-refractivity contribution in [3.63, 3.8) is 0 Å². The van der Waals surface area contributed by atoms with Crippen LogP contribution in [0.2, 0.25) is 0 Å². The Hall–Kier alpha value is -7.56. The van der Waals surface area contributed by atoms with E-state index in [-0.39, 0.29) is 30.8 Å². The molecule has 2 N–H and O–H groups in total. The van der Waals surface area contributed by atoms with Crippen molar-refractivity contribution < 1.29 is 23.2 Å². The zero-order valence-electron chi connectivity index (χ0n) is 33.9. The number of fused-ring (bicyclic) bond motifs is 6. The molecule has 2 aliphatic carbocycles. The van der Waals surface area contributed by atoms with E-state index in [0.717, 1.165) is 50.8 Å². The molecule has 316 valence electrons. The second-order valence-electron chi connectivity index (χ2n) is 15.9. The maximum absolute atomic E-state index is 13.3. The summed E-state index contributed by atoms with van der Waals surface area (Å²) in [7, 11) is 0. The minimum atomic E-state index is -0.552. The zero-order chi connectivity index (χ0) is 43.0. The van der Waals surface area contributed by atoms with Crippen molar-refractivity contribution in [3.8, 4) is 22.5 Å². The van der Waals surface area contributed by atoms with E-state index >= 15 is 0 Å². The van der Waals surface area contributed by atoms with Crippen molar-refractivity contribution in [1.82, 2.24) is 54.6 Å². The van der Waals surface area contributed by atoms with Gasteiger partial charge in [-0.15, -0.1) is 0 Å². The fourth-order valence-corrected chi connectivity index (χ4v) is 8.24. The quantitative estimate of drug-likeness (QED) is 0.218. The smallest absolute Gasteiger partial charge is 0.248 e. The molecule has 0 atom stereocenters. The number of carbonyl (C=O) groups excluding carboxylic acids is 3. The zero-order valence-corrected chi connectivity index (χ0v) is 33.9. The highest BCUT2D eigenvalue weighted by Crippen LogP contribution is 2.40. The number of pyridine rings is 4. The summed E-state index contributed by atoms with van der Waals surface area (Å²) in [5.41, 5.74) is 10.4. The van der Waals surface area contributed by atoms with E-state index in [1.165, 1.54) is 62.0 Å². The van der Waals surface area contributed by atoms with E-state index in [0.29, 0.717) is 54.6 Å². The van der Waals surface area contributed by atoms with E-state index in [1.54, 1.807) is 53.0 Å². The Morgan fingerprint density at radius 3 is 1.86 bits per heavy atom. The molecule has 17 heteroatoms. The third kappa shape index (κ3) is 8.28. The van der Waals surface area contributed by atoms with Crippen molar-refractivity contribution in [1.29, 1.82) is 0 Å². The van der Waals surface area contributed by atoms with Gasteiger partial charge in [0, 0.05) is 102 Å². The Bertz CT molecular complexity index is 2830. The monoisotopic (exact) mass is 846 g/mol. The molecule has 6 aromatic heterocycles. The summed E-state index contributed by atoms with van der Waals surface area (Å²) in [5.74, 6) is 0.516. The first-order valence-corrected chi connectivity index (χ1v) is 20.9. The van der Waals surface area contributed by atoms with Gasteiger partial charge >= 0.3 is 0 Å². The highest BCUT2D eigenvalue weighted by atomic mass is 19.1. The SMILES string of the molecule is O=C1C=C2c3ccnc(-c4ccc(F)nc4)c3CCN2C(=O)CN1.O=C1CN=C(n2cnc(C3CC3)c2)C=C2c3ccnc(-c4ccc(F)nc4)c3CCN12.c1ncc(C2CC2)[nH]1. The van der Waals surface area contributed by atoms with Gasteiger partial charge in [0.2, 0.25) is 29.6 Å². The molecule has 3 amide bonds. The average molecular weight is 847 g/mol. The first-order chi connectivity index (χ1) is 30.8. The number of allylic oxidation sites excluding steroid dienone is 1. The molecule has 0 spiro atoms. The number of H-pyrrole nitrogens is 1. The van der Waals surface area contributed by atoms with Crippen LogP contribution in [0.15, 0.2) is 103 Å². The maximum Gasteiger partial charge on any atom is 0.248 e. The minimum Gasteiger partial charge on any atom is -0.348 e. The van der Waals surface area contributed by atoms with Gasteiger partial charge in [0.1, 0.15) is 18.7 Å². The molecule has 6 aromatic rings. The lowest BCUT2D eigenvalue weighted by molar-refractivity contribution is -0.128. The van der Waals surface area contributed by atoms with Gasteiger partial charge in [-0.1, -0.05) is 0 Å². The van der Waals surface area contributed by atoms with Gasteiger partial charge in [0.05, 0.1) is 41.3 Å². The number of imidazole rings is 2. The first-order valence-electron chi connectivity index (χ1n) is 20.9. The maximum atomic E-state index is 13.3. The van der Waals surface area contributed by atoms with Gasteiger partial charge in [-0.05, 0) is 86.1 Å². The van der Waals surface area contributed by atoms with Crippen LogP contribution in [0, 0.1) is 11.9 Å². The number of hydrogen-bond acceptors (Lipinski definition) is 10. The molecule has 6 aliphatic rings. The molecular weight excluding hydrogens is 807 g/mol. The number of nitrogens with zero attached hydrogens (tertiary/aromatic N) is 10. The Labute approximate surface area is 359 Å². The van der Waals surface area contributed by atoms with Crippen LogP contribution < -0.4 is 5.32 Å². The lowest BCUT2D eigenvalue weighted by atomic mass is 9.93. The van der Waals surface area contributed by atoms with E-state index in [1.807, 2.05) is 29.1 Å². The molecule has 0 saturated heterocycles. The summed E-state index contributed by atoms with van der Waals surface area (Å²) in [5, 5.41) is 2.56. The fraction of sp³-hybridized carbons (Fsp3) is 0.261. The topological polar surface area (TPSA) is 180 Å². The number of amides is 3. The first kappa shape index (κ1) is 39.6. The van der Waals surface area contributed by atoms with Crippen LogP contribution in [0.25, 0.3) is 33.9 Å². The van der Waals surface area contributed by atoms with E-state index in [4.69, 9.17) is 0 Å². The average Bonchev–Trinajstić information content (AvgIpc) is 4.25. The van der Waals surface area contributed by atoms with Crippen molar-refractivity contribution in [2.24, 2.45) is 4.99 Å². The summed E-state index contributed by atoms with van der Waals surface area (Å²) in [4.78, 5) is 72.8. The molecule has 0 radical (unpaired) electrons. The molecule has 0 aromatic carbocycles. The van der Waals surface area contributed by atoms with E-state index in [9.17, 15) is 23.2 Å². The van der Waals surface area contributed by atoms with Crippen LogP contribution in [-0.2, 0) is 27.2 Å². The van der Waals surface area contributed by atoms with Gasteiger partial charge in [0.15, 0.2) is 0 Å². The van der Waals surface area contributed by atoms with Gasteiger partial charge < -0.3 is 20.1 Å². The second kappa shape index (κ2) is 16.7. The van der Waals surface area contributed by atoms with Gasteiger partial charge in [-0.2, -0.15) is 8.78 Å². The summed E-state index contributed by atoms with van der Waals surface area (Å²) < 4.78 is 28.3. The minimum absolute atomic E-state index is 0.00596. The van der Waals surface area contributed by atoms with E-state index in [2.05, 4.69) is 45.2 Å². The largest absolute Gasteiger partial charge is 0.348 e. The summed E-state index contributed by atoms with van der Waals surface area (Å²) in [6, 6.07) is 9.64. The molecule has 4 aliphatic heterocycles. The molecular formula is C46H40F2N12O3. The Morgan fingerprint density at radius 1 is 0.667 bits per heavy atom. The fourth-order valence-electron chi connectivity index (χ4n) is 8.24.